The van der Waals surface area contributed by atoms with Gasteiger partial charge in [0.05, 0.1) is 5.69 Å². The summed E-state index contributed by atoms with van der Waals surface area (Å²) in [5.41, 5.74) is 2.68. The second kappa shape index (κ2) is 8.02. The molecule has 0 spiro atoms. The SMILES string of the molecule is CN=C(NCc1ccc(N(C(=O)OC(C)(C)C)C2CC2)c(C)c1)NC1CC1C. The molecule has 0 radical (unpaired) electrons. The molecule has 1 aromatic carbocycles. The maximum atomic E-state index is 12.7. The second-order valence-electron chi connectivity index (χ2n) is 9.09. The van der Waals surface area contributed by atoms with Crippen molar-refractivity contribution in [1.29, 1.82) is 0 Å². The summed E-state index contributed by atoms with van der Waals surface area (Å²) >= 11 is 0. The van der Waals surface area contributed by atoms with Crippen molar-refractivity contribution in [3.05, 3.63) is 29.3 Å². The minimum atomic E-state index is -0.496. The van der Waals surface area contributed by atoms with E-state index in [1.165, 1.54) is 6.42 Å². The van der Waals surface area contributed by atoms with Gasteiger partial charge in [0.2, 0.25) is 0 Å². The Bertz CT molecular complexity index is 749. The van der Waals surface area contributed by atoms with Crippen molar-refractivity contribution < 1.29 is 9.53 Å². The Hall–Kier alpha value is -2.24. The third-order valence-electron chi connectivity index (χ3n) is 5.14. The lowest BCUT2D eigenvalue weighted by Crippen LogP contribution is -2.39. The highest BCUT2D eigenvalue weighted by Gasteiger charge is 2.37. The molecule has 0 saturated heterocycles. The van der Waals surface area contributed by atoms with Crippen molar-refractivity contribution in [2.24, 2.45) is 10.9 Å². The number of ether oxygens (including phenoxy) is 1. The maximum absolute atomic E-state index is 12.7. The molecule has 6 heteroatoms. The number of hydrogen-bond acceptors (Lipinski definition) is 3. The first-order chi connectivity index (χ1) is 13.2. The van der Waals surface area contributed by atoms with E-state index in [1.807, 2.05) is 31.7 Å². The molecular formula is C22H34N4O2. The van der Waals surface area contributed by atoms with Crippen molar-refractivity contribution in [2.75, 3.05) is 11.9 Å². The fourth-order valence-electron chi connectivity index (χ4n) is 3.26. The van der Waals surface area contributed by atoms with Gasteiger partial charge in [-0.05, 0) is 70.1 Å². The zero-order valence-corrected chi connectivity index (χ0v) is 18.0. The van der Waals surface area contributed by atoms with Crippen LogP contribution in [0.2, 0.25) is 0 Å². The van der Waals surface area contributed by atoms with Crippen molar-refractivity contribution in [2.45, 2.75) is 78.1 Å². The zero-order valence-electron chi connectivity index (χ0n) is 18.0. The molecule has 2 aliphatic carbocycles. The average molecular weight is 387 g/mol. The largest absolute Gasteiger partial charge is 0.443 e. The number of aliphatic imine (C=N–C) groups is 1. The van der Waals surface area contributed by atoms with Gasteiger partial charge < -0.3 is 15.4 Å². The third-order valence-corrected chi connectivity index (χ3v) is 5.14. The smallest absolute Gasteiger partial charge is 0.415 e. The third kappa shape index (κ3) is 5.40. The number of amides is 1. The number of carbonyl (C=O) groups is 1. The van der Waals surface area contributed by atoms with Gasteiger partial charge in [-0.25, -0.2) is 4.79 Å². The van der Waals surface area contributed by atoms with Crippen molar-refractivity contribution in [3.8, 4) is 0 Å². The molecule has 1 amide bonds. The normalized spacial score (nSPS) is 21.9. The fourth-order valence-corrected chi connectivity index (χ4v) is 3.26. The van der Waals surface area contributed by atoms with E-state index in [4.69, 9.17) is 4.74 Å². The van der Waals surface area contributed by atoms with Crippen LogP contribution in [-0.4, -0.2) is 36.8 Å². The summed E-state index contributed by atoms with van der Waals surface area (Å²) in [7, 11) is 1.80. The molecule has 0 heterocycles. The molecule has 6 nitrogen and oxygen atoms in total. The maximum Gasteiger partial charge on any atom is 0.415 e. The van der Waals surface area contributed by atoms with Gasteiger partial charge in [0.25, 0.3) is 0 Å². The summed E-state index contributed by atoms with van der Waals surface area (Å²) in [6.07, 6.45) is 3.01. The number of nitrogens with zero attached hydrogens (tertiary/aromatic N) is 2. The number of carbonyl (C=O) groups excluding carboxylic acids is 1. The molecular weight excluding hydrogens is 352 g/mol. The van der Waals surface area contributed by atoms with Gasteiger partial charge in [-0.1, -0.05) is 19.1 Å². The predicted octanol–water partition coefficient (Wildman–Crippen LogP) is 3.97. The predicted molar refractivity (Wildman–Crippen MR) is 114 cm³/mol. The molecule has 2 atom stereocenters. The number of rotatable bonds is 5. The molecule has 0 aromatic heterocycles. The molecule has 1 aromatic rings. The molecule has 154 valence electrons. The van der Waals surface area contributed by atoms with Crippen LogP contribution >= 0.6 is 0 Å². The fraction of sp³-hybridized carbons (Fsp3) is 0.636. The van der Waals surface area contributed by atoms with Gasteiger partial charge in [0.1, 0.15) is 5.60 Å². The Kier molecular flexibility index (Phi) is 5.87. The van der Waals surface area contributed by atoms with E-state index in [-0.39, 0.29) is 12.1 Å². The molecule has 2 unspecified atom stereocenters. The van der Waals surface area contributed by atoms with E-state index in [2.05, 4.69) is 41.6 Å². The Morgan fingerprint density at radius 2 is 2.00 bits per heavy atom. The van der Waals surface area contributed by atoms with Crippen LogP contribution in [0.5, 0.6) is 0 Å². The Morgan fingerprint density at radius 3 is 2.50 bits per heavy atom. The van der Waals surface area contributed by atoms with Gasteiger partial charge >= 0.3 is 6.09 Å². The summed E-state index contributed by atoms with van der Waals surface area (Å²) in [5.74, 6) is 1.56. The zero-order chi connectivity index (χ0) is 20.5. The van der Waals surface area contributed by atoms with Crippen LogP contribution in [0.3, 0.4) is 0 Å². The van der Waals surface area contributed by atoms with E-state index < -0.39 is 5.60 Å². The summed E-state index contributed by atoms with van der Waals surface area (Å²) in [6, 6.07) is 7.03. The second-order valence-corrected chi connectivity index (χ2v) is 9.09. The highest BCUT2D eigenvalue weighted by molar-refractivity contribution is 5.90. The van der Waals surface area contributed by atoms with E-state index in [0.717, 1.165) is 41.5 Å². The van der Waals surface area contributed by atoms with Crippen LogP contribution in [0.1, 0.15) is 58.1 Å². The van der Waals surface area contributed by atoms with Crippen LogP contribution < -0.4 is 15.5 Å². The topological polar surface area (TPSA) is 66.0 Å². The van der Waals surface area contributed by atoms with Crippen molar-refractivity contribution >= 4 is 17.7 Å². The number of benzene rings is 1. The first kappa shape index (κ1) is 20.5. The summed E-state index contributed by atoms with van der Waals surface area (Å²) < 4.78 is 5.64. The van der Waals surface area contributed by atoms with E-state index in [0.29, 0.717) is 12.6 Å². The number of anilines is 1. The average Bonchev–Trinajstić information content (AvgIpc) is 3.51. The summed E-state index contributed by atoms with van der Waals surface area (Å²) in [6.45, 7) is 10.7. The van der Waals surface area contributed by atoms with Gasteiger partial charge in [-0.3, -0.25) is 9.89 Å². The van der Waals surface area contributed by atoms with Gasteiger partial charge in [-0.15, -0.1) is 0 Å². The molecule has 2 saturated carbocycles. The van der Waals surface area contributed by atoms with Crippen molar-refractivity contribution in [3.63, 3.8) is 0 Å². The lowest BCUT2D eigenvalue weighted by Gasteiger charge is -2.28. The van der Waals surface area contributed by atoms with Crippen LogP contribution in [0.25, 0.3) is 0 Å². The highest BCUT2D eigenvalue weighted by Crippen LogP contribution is 2.35. The van der Waals surface area contributed by atoms with Crippen molar-refractivity contribution in [1.82, 2.24) is 10.6 Å². The quantitative estimate of drug-likeness (QED) is 0.594. The Labute approximate surface area is 168 Å². The number of guanidine groups is 1. The number of nitrogens with one attached hydrogen (secondary N) is 2. The van der Waals surface area contributed by atoms with Gasteiger partial charge in [-0.2, -0.15) is 0 Å². The number of hydrogen-bond donors (Lipinski definition) is 2. The Balaban J connectivity index is 1.66. The van der Waals surface area contributed by atoms with Crippen LogP contribution in [0.4, 0.5) is 10.5 Å². The molecule has 3 rings (SSSR count). The molecule has 2 N–H and O–H groups in total. The van der Waals surface area contributed by atoms with E-state index in [9.17, 15) is 4.79 Å². The molecule has 2 fully saturated rings. The molecule has 28 heavy (non-hydrogen) atoms. The lowest BCUT2D eigenvalue weighted by molar-refractivity contribution is 0.0577. The summed E-state index contributed by atoms with van der Waals surface area (Å²) in [4.78, 5) is 18.9. The molecule has 2 aliphatic rings. The van der Waals surface area contributed by atoms with Gasteiger partial charge in [0.15, 0.2) is 5.96 Å². The molecule has 0 bridgehead atoms. The molecule has 0 aliphatic heterocycles. The van der Waals surface area contributed by atoms with E-state index in [1.54, 1.807) is 7.05 Å². The van der Waals surface area contributed by atoms with Crippen LogP contribution in [-0.2, 0) is 11.3 Å². The lowest BCUT2D eigenvalue weighted by atomic mass is 10.1. The van der Waals surface area contributed by atoms with E-state index >= 15 is 0 Å². The van der Waals surface area contributed by atoms with Crippen LogP contribution in [0.15, 0.2) is 23.2 Å². The first-order valence-corrected chi connectivity index (χ1v) is 10.3. The Morgan fingerprint density at radius 1 is 1.32 bits per heavy atom. The summed E-state index contributed by atoms with van der Waals surface area (Å²) in [5, 5.41) is 6.81. The first-order valence-electron chi connectivity index (χ1n) is 10.3. The minimum absolute atomic E-state index is 0.251. The van der Waals surface area contributed by atoms with Gasteiger partial charge in [0, 0.05) is 25.7 Å². The highest BCUT2D eigenvalue weighted by atomic mass is 16.6. The minimum Gasteiger partial charge on any atom is -0.443 e. The monoisotopic (exact) mass is 386 g/mol. The number of aryl methyl sites for hydroxylation is 1. The van der Waals surface area contributed by atoms with Crippen LogP contribution in [0, 0.1) is 12.8 Å². The standard InChI is InChI=1S/C22H34N4O2/c1-14-12-18(14)25-20(23-6)24-13-16-7-10-19(15(2)11-16)26(17-8-9-17)21(27)28-22(3,4)5/h7,10-11,14,17-18H,8-9,12-13H2,1-6H3,(H2,23,24,25).